The maximum atomic E-state index is 9.05. The molecule has 2 N–H and O–H groups in total. The third-order valence-electron chi connectivity index (χ3n) is 7.15. The summed E-state index contributed by atoms with van der Waals surface area (Å²) in [5.74, 6) is 2.18. The molecule has 0 aliphatic heterocycles. The van der Waals surface area contributed by atoms with Gasteiger partial charge in [-0.1, -0.05) is 67.8 Å². The third kappa shape index (κ3) is 5.45. The molecule has 4 rings (SSSR count). The zero-order chi connectivity index (χ0) is 23.8. The largest absolute Gasteiger partial charge is 0.491 e. The van der Waals surface area contributed by atoms with E-state index < -0.39 is 0 Å². The molecule has 0 radical (unpaired) electrons. The molecular weight excluding hydrogens is 424 g/mol. The molecule has 3 aromatic carbocycles. The van der Waals surface area contributed by atoms with Gasteiger partial charge in [-0.3, -0.25) is 0 Å². The fraction of sp³-hybridized carbons (Fsp3) is 0.400. The molecule has 0 unspecified atom stereocenters. The Kier molecular flexibility index (Phi) is 8.25. The van der Waals surface area contributed by atoms with Crippen LogP contribution in [-0.4, -0.2) is 36.6 Å². The van der Waals surface area contributed by atoms with E-state index in [0.717, 1.165) is 11.5 Å². The SMILES string of the molecule is CC(c1ccc(OCCO)cc1)(c1ccc(OCCO)cc1)c1ccc(C2CCCCC2)cc1. The Hall–Kier alpha value is -2.82. The van der Waals surface area contributed by atoms with E-state index in [1.54, 1.807) is 0 Å². The highest BCUT2D eigenvalue weighted by atomic mass is 16.5. The average Bonchev–Trinajstić information content (AvgIpc) is 2.91. The molecule has 0 heterocycles. The Morgan fingerprint density at radius 3 is 1.47 bits per heavy atom. The van der Waals surface area contributed by atoms with E-state index in [4.69, 9.17) is 19.7 Å². The highest BCUT2D eigenvalue weighted by Crippen LogP contribution is 2.41. The maximum absolute atomic E-state index is 9.05. The van der Waals surface area contributed by atoms with E-state index in [9.17, 15) is 0 Å². The molecule has 1 saturated carbocycles. The summed E-state index contributed by atoms with van der Waals surface area (Å²) in [4.78, 5) is 0. The first kappa shape index (κ1) is 24.3. The Morgan fingerprint density at radius 1 is 0.647 bits per heavy atom. The van der Waals surface area contributed by atoms with Crippen LogP contribution >= 0.6 is 0 Å². The number of hydrogen-bond acceptors (Lipinski definition) is 4. The van der Waals surface area contributed by atoms with Gasteiger partial charge in [0.1, 0.15) is 24.7 Å². The zero-order valence-corrected chi connectivity index (χ0v) is 20.1. The van der Waals surface area contributed by atoms with Gasteiger partial charge in [-0.25, -0.2) is 0 Å². The van der Waals surface area contributed by atoms with Crippen LogP contribution in [0.2, 0.25) is 0 Å². The van der Waals surface area contributed by atoms with Crippen molar-refractivity contribution in [1.29, 1.82) is 0 Å². The topological polar surface area (TPSA) is 58.9 Å². The lowest BCUT2D eigenvalue weighted by Crippen LogP contribution is -2.25. The number of ether oxygens (including phenoxy) is 2. The van der Waals surface area contributed by atoms with E-state index in [0.29, 0.717) is 5.92 Å². The molecule has 180 valence electrons. The predicted molar refractivity (Wildman–Crippen MR) is 136 cm³/mol. The lowest BCUT2D eigenvalue weighted by atomic mass is 9.70. The molecule has 0 saturated heterocycles. The third-order valence-corrected chi connectivity index (χ3v) is 7.15. The minimum Gasteiger partial charge on any atom is -0.491 e. The van der Waals surface area contributed by atoms with Crippen molar-refractivity contribution >= 4 is 0 Å². The first-order chi connectivity index (χ1) is 16.6. The van der Waals surface area contributed by atoms with E-state index in [-0.39, 0.29) is 31.8 Å². The van der Waals surface area contributed by atoms with Crippen LogP contribution in [-0.2, 0) is 5.41 Å². The van der Waals surface area contributed by atoms with Crippen LogP contribution in [0.4, 0.5) is 0 Å². The fourth-order valence-corrected chi connectivity index (χ4v) is 5.12. The van der Waals surface area contributed by atoms with Crippen molar-refractivity contribution in [3.8, 4) is 11.5 Å². The molecule has 0 amide bonds. The lowest BCUT2D eigenvalue weighted by Gasteiger charge is -2.33. The zero-order valence-electron chi connectivity index (χ0n) is 20.1. The predicted octanol–water partition coefficient (Wildman–Crippen LogP) is 5.83. The summed E-state index contributed by atoms with van der Waals surface area (Å²) < 4.78 is 11.2. The summed E-state index contributed by atoms with van der Waals surface area (Å²) in [6.45, 7) is 2.83. The van der Waals surface area contributed by atoms with Gasteiger partial charge in [-0.05, 0) is 72.2 Å². The van der Waals surface area contributed by atoms with Crippen molar-refractivity contribution in [2.24, 2.45) is 0 Å². The van der Waals surface area contributed by atoms with Gasteiger partial charge in [0.25, 0.3) is 0 Å². The molecule has 0 aromatic heterocycles. The molecule has 0 spiro atoms. The van der Waals surface area contributed by atoms with Crippen LogP contribution in [0.5, 0.6) is 11.5 Å². The van der Waals surface area contributed by atoms with Crippen LogP contribution < -0.4 is 9.47 Å². The van der Waals surface area contributed by atoms with Gasteiger partial charge >= 0.3 is 0 Å². The molecule has 0 bridgehead atoms. The van der Waals surface area contributed by atoms with Crippen molar-refractivity contribution < 1.29 is 19.7 Å². The second kappa shape index (κ2) is 11.5. The van der Waals surface area contributed by atoms with Gasteiger partial charge in [-0.15, -0.1) is 0 Å². The molecule has 34 heavy (non-hydrogen) atoms. The van der Waals surface area contributed by atoms with Crippen LogP contribution in [0.3, 0.4) is 0 Å². The number of benzene rings is 3. The molecular formula is C30H36O4. The normalized spacial score (nSPS) is 14.7. The van der Waals surface area contributed by atoms with Gasteiger partial charge in [0.15, 0.2) is 0 Å². The standard InChI is InChI=1S/C30H36O4/c1-30(26-11-15-28(16-12-26)33-21-19-31,27-13-17-29(18-14-27)34-22-20-32)25-9-7-24(8-10-25)23-5-3-2-4-6-23/h7-18,23,31-32H,2-6,19-22H2,1H3. The highest BCUT2D eigenvalue weighted by molar-refractivity contribution is 5.51. The Morgan fingerprint density at radius 2 is 1.06 bits per heavy atom. The summed E-state index contributed by atoms with van der Waals surface area (Å²) in [6.07, 6.45) is 6.62. The molecule has 1 fully saturated rings. The first-order valence-electron chi connectivity index (χ1n) is 12.4. The molecule has 4 heteroatoms. The Labute approximate surface area is 203 Å². The van der Waals surface area contributed by atoms with E-state index >= 15 is 0 Å². The van der Waals surface area contributed by atoms with Crippen LogP contribution in [0.15, 0.2) is 72.8 Å². The second-order valence-electron chi connectivity index (χ2n) is 9.27. The van der Waals surface area contributed by atoms with E-state index in [2.05, 4.69) is 55.5 Å². The smallest absolute Gasteiger partial charge is 0.119 e. The molecule has 0 atom stereocenters. The van der Waals surface area contributed by atoms with Crippen molar-refractivity contribution in [2.45, 2.75) is 50.4 Å². The first-order valence-corrected chi connectivity index (χ1v) is 12.4. The Balaban J connectivity index is 1.68. The maximum Gasteiger partial charge on any atom is 0.119 e. The molecule has 3 aromatic rings. The van der Waals surface area contributed by atoms with Crippen LogP contribution in [0.25, 0.3) is 0 Å². The lowest BCUT2D eigenvalue weighted by molar-refractivity contribution is 0.201. The van der Waals surface area contributed by atoms with Crippen LogP contribution in [0, 0.1) is 0 Å². The summed E-state index contributed by atoms with van der Waals surface area (Å²) in [6, 6.07) is 25.5. The van der Waals surface area contributed by atoms with Crippen molar-refractivity contribution in [3.05, 3.63) is 95.1 Å². The van der Waals surface area contributed by atoms with Gasteiger partial charge < -0.3 is 19.7 Å². The summed E-state index contributed by atoms with van der Waals surface area (Å²) in [5.41, 5.74) is 4.65. The van der Waals surface area contributed by atoms with Crippen molar-refractivity contribution in [1.82, 2.24) is 0 Å². The molecule has 4 nitrogen and oxygen atoms in total. The monoisotopic (exact) mass is 460 g/mol. The molecule has 1 aliphatic carbocycles. The van der Waals surface area contributed by atoms with Crippen molar-refractivity contribution in [2.75, 3.05) is 26.4 Å². The summed E-state index contributed by atoms with van der Waals surface area (Å²) in [7, 11) is 0. The van der Waals surface area contributed by atoms with E-state index in [1.165, 1.54) is 54.4 Å². The summed E-state index contributed by atoms with van der Waals surface area (Å²) >= 11 is 0. The molecule has 1 aliphatic rings. The van der Waals surface area contributed by atoms with Gasteiger partial charge in [-0.2, -0.15) is 0 Å². The van der Waals surface area contributed by atoms with E-state index in [1.807, 2.05) is 24.3 Å². The van der Waals surface area contributed by atoms with Gasteiger partial charge in [0.2, 0.25) is 0 Å². The highest BCUT2D eigenvalue weighted by Gasteiger charge is 2.31. The summed E-state index contributed by atoms with van der Waals surface area (Å²) in [5, 5.41) is 18.1. The second-order valence-corrected chi connectivity index (χ2v) is 9.27. The number of rotatable bonds is 10. The quantitative estimate of drug-likeness (QED) is 0.374. The Bertz CT molecular complexity index is 952. The van der Waals surface area contributed by atoms with Crippen LogP contribution in [0.1, 0.15) is 67.2 Å². The van der Waals surface area contributed by atoms with Gasteiger partial charge in [0.05, 0.1) is 13.2 Å². The fourth-order valence-electron chi connectivity index (χ4n) is 5.12. The minimum atomic E-state index is -0.365. The van der Waals surface area contributed by atoms with Gasteiger partial charge in [0, 0.05) is 5.41 Å². The average molecular weight is 461 g/mol. The van der Waals surface area contributed by atoms with Crippen molar-refractivity contribution in [3.63, 3.8) is 0 Å². The number of hydrogen-bond donors (Lipinski definition) is 2. The minimum absolute atomic E-state index is 0.00247. The number of aliphatic hydroxyl groups excluding tert-OH is 2. The number of aliphatic hydroxyl groups is 2.